The zero-order chi connectivity index (χ0) is 10.7. The smallest absolute Gasteiger partial charge is 0.225 e. The van der Waals surface area contributed by atoms with E-state index in [0.29, 0.717) is 18.9 Å². The van der Waals surface area contributed by atoms with Gasteiger partial charge in [0.15, 0.2) is 0 Å². The minimum atomic E-state index is -0.414. The van der Waals surface area contributed by atoms with Gasteiger partial charge in [-0.15, -0.1) is 0 Å². The maximum absolute atomic E-state index is 11.5. The minimum absolute atomic E-state index is 0.145. The van der Waals surface area contributed by atoms with Gasteiger partial charge in [0.1, 0.15) is 0 Å². The summed E-state index contributed by atoms with van der Waals surface area (Å²) in [5.74, 6) is 0.827. The minimum Gasteiger partial charge on any atom is -0.391 e. The first-order valence-electron chi connectivity index (χ1n) is 6.21. The van der Waals surface area contributed by atoms with Crippen molar-refractivity contribution in [3.8, 4) is 0 Å². The van der Waals surface area contributed by atoms with Crippen LogP contribution in [-0.2, 0) is 4.79 Å². The summed E-state index contributed by atoms with van der Waals surface area (Å²) in [7, 11) is 0. The van der Waals surface area contributed by atoms with Crippen LogP contribution in [0.15, 0.2) is 0 Å². The molecule has 2 aliphatic rings. The van der Waals surface area contributed by atoms with Gasteiger partial charge in [0, 0.05) is 13.1 Å². The first kappa shape index (κ1) is 10.9. The van der Waals surface area contributed by atoms with Gasteiger partial charge in [-0.25, -0.2) is 0 Å². The fourth-order valence-electron chi connectivity index (χ4n) is 2.79. The standard InChI is InChI=1S/C12H21NO2/c14-11-7-12(15)13(9-11)8-10-5-3-1-2-4-6-10/h10-11,14H,1-9H2. The molecule has 0 bridgehead atoms. The zero-order valence-electron chi connectivity index (χ0n) is 9.32. The molecule has 0 aromatic carbocycles. The number of carbonyl (C=O) groups is 1. The lowest BCUT2D eigenvalue weighted by Crippen LogP contribution is -2.31. The van der Waals surface area contributed by atoms with E-state index in [4.69, 9.17) is 0 Å². The van der Waals surface area contributed by atoms with E-state index in [1.54, 1.807) is 0 Å². The Morgan fingerprint density at radius 3 is 2.40 bits per heavy atom. The highest BCUT2D eigenvalue weighted by Gasteiger charge is 2.29. The summed E-state index contributed by atoms with van der Waals surface area (Å²) in [4.78, 5) is 13.4. The Balaban J connectivity index is 1.82. The summed E-state index contributed by atoms with van der Waals surface area (Å²) < 4.78 is 0. The molecule has 1 unspecified atom stereocenters. The Labute approximate surface area is 91.5 Å². The number of carbonyl (C=O) groups excluding carboxylic acids is 1. The lowest BCUT2D eigenvalue weighted by Gasteiger charge is -2.22. The van der Waals surface area contributed by atoms with E-state index >= 15 is 0 Å². The molecule has 3 nitrogen and oxygen atoms in total. The Kier molecular flexibility index (Phi) is 3.62. The van der Waals surface area contributed by atoms with Crippen molar-refractivity contribution in [1.29, 1.82) is 0 Å². The van der Waals surface area contributed by atoms with Crippen molar-refractivity contribution in [3.63, 3.8) is 0 Å². The van der Waals surface area contributed by atoms with Gasteiger partial charge in [-0.1, -0.05) is 25.7 Å². The van der Waals surface area contributed by atoms with Crippen LogP contribution in [0.1, 0.15) is 44.9 Å². The first-order chi connectivity index (χ1) is 7.25. The van der Waals surface area contributed by atoms with E-state index in [0.717, 1.165) is 6.54 Å². The third-order valence-corrected chi connectivity index (χ3v) is 3.65. The monoisotopic (exact) mass is 211 g/mol. The van der Waals surface area contributed by atoms with Crippen molar-refractivity contribution in [2.45, 2.75) is 51.0 Å². The third-order valence-electron chi connectivity index (χ3n) is 3.65. The number of aliphatic hydroxyl groups excluding tert-OH is 1. The number of rotatable bonds is 2. The Morgan fingerprint density at radius 2 is 1.87 bits per heavy atom. The van der Waals surface area contributed by atoms with Crippen LogP contribution in [-0.4, -0.2) is 35.1 Å². The molecular weight excluding hydrogens is 190 g/mol. The van der Waals surface area contributed by atoms with Crippen molar-refractivity contribution in [2.24, 2.45) is 5.92 Å². The van der Waals surface area contributed by atoms with Crippen LogP contribution in [0.3, 0.4) is 0 Å². The Morgan fingerprint density at radius 1 is 1.20 bits per heavy atom. The lowest BCUT2D eigenvalue weighted by molar-refractivity contribution is -0.128. The first-order valence-corrected chi connectivity index (χ1v) is 6.21. The van der Waals surface area contributed by atoms with E-state index in [1.807, 2.05) is 4.90 Å². The molecule has 2 rings (SSSR count). The van der Waals surface area contributed by atoms with E-state index in [1.165, 1.54) is 38.5 Å². The molecule has 1 N–H and O–H groups in total. The maximum Gasteiger partial charge on any atom is 0.225 e. The predicted octanol–water partition coefficient (Wildman–Crippen LogP) is 1.55. The van der Waals surface area contributed by atoms with Gasteiger partial charge < -0.3 is 10.0 Å². The number of hydrogen-bond donors (Lipinski definition) is 1. The highest BCUT2D eigenvalue weighted by Crippen LogP contribution is 2.25. The van der Waals surface area contributed by atoms with Crippen molar-refractivity contribution >= 4 is 5.91 Å². The van der Waals surface area contributed by atoms with Crippen molar-refractivity contribution in [1.82, 2.24) is 4.90 Å². The SMILES string of the molecule is O=C1CC(O)CN1CC1CCCCCC1. The number of amides is 1. The average molecular weight is 211 g/mol. The number of hydrogen-bond acceptors (Lipinski definition) is 2. The molecule has 86 valence electrons. The highest BCUT2D eigenvalue weighted by atomic mass is 16.3. The molecule has 2 fully saturated rings. The van der Waals surface area contributed by atoms with Gasteiger partial charge in [0.05, 0.1) is 12.5 Å². The average Bonchev–Trinajstić information content (AvgIpc) is 2.44. The van der Waals surface area contributed by atoms with Crippen LogP contribution in [0.2, 0.25) is 0 Å². The molecule has 0 spiro atoms. The Hall–Kier alpha value is -0.570. The van der Waals surface area contributed by atoms with E-state index in [2.05, 4.69) is 0 Å². The molecular formula is C12H21NO2. The van der Waals surface area contributed by atoms with Crippen LogP contribution >= 0.6 is 0 Å². The maximum atomic E-state index is 11.5. The zero-order valence-corrected chi connectivity index (χ0v) is 9.32. The highest BCUT2D eigenvalue weighted by molar-refractivity contribution is 5.78. The van der Waals surface area contributed by atoms with Crippen LogP contribution in [0.4, 0.5) is 0 Å². The quantitative estimate of drug-likeness (QED) is 0.704. The normalized spacial score (nSPS) is 29.5. The molecule has 1 saturated carbocycles. The third kappa shape index (κ3) is 2.94. The van der Waals surface area contributed by atoms with Crippen LogP contribution in [0.25, 0.3) is 0 Å². The fourth-order valence-corrected chi connectivity index (χ4v) is 2.79. The predicted molar refractivity (Wildman–Crippen MR) is 58.4 cm³/mol. The van der Waals surface area contributed by atoms with Gasteiger partial charge in [-0.2, -0.15) is 0 Å². The Bertz CT molecular complexity index is 222. The largest absolute Gasteiger partial charge is 0.391 e. The summed E-state index contributed by atoms with van der Waals surface area (Å²) in [6, 6.07) is 0. The molecule has 3 heteroatoms. The van der Waals surface area contributed by atoms with Gasteiger partial charge in [-0.05, 0) is 18.8 Å². The number of β-amino-alcohol motifs (C(OH)–C–C–N with tert-alkyl or cyclic N) is 1. The van der Waals surface area contributed by atoms with Gasteiger partial charge in [-0.3, -0.25) is 4.79 Å². The molecule has 15 heavy (non-hydrogen) atoms. The van der Waals surface area contributed by atoms with Crippen molar-refractivity contribution < 1.29 is 9.90 Å². The van der Waals surface area contributed by atoms with Gasteiger partial charge in [0.25, 0.3) is 0 Å². The molecule has 0 radical (unpaired) electrons. The van der Waals surface area contributed by atoms with E-state index in [-0.39, 0.29) is 5.91 Å². The summed E-state index contributed by atoms with van der Waals surface area (Å²) in [5, 5.41) is 9.39. The second-order valence-electron chi connectivity index (χ2n) is 5.01. The number of likely N-dealkylation sites (tertiary alicyclic amines) is 1. The number of nitrogens with zero attached hydrogens (tertiary/aromatic N) is 1. The second kappa shape index (κ2) is 4.97. The second-order valence-corrected chi connectivity index (χ2v) is 5.01. The lowest BCUT2D eigenvalue weighted by atomic mass is 10.00. The van der Waals surface area contributed by atoms with Gasteiger partial charge >= 0.3 is 0 Å². The van der Waals surface area contributed by atoms with Crippen LogP contribution in [0.5, 0.6) is 0 Å². The topological polar surface area (TPSA) is 40.5 Å². The van der Waals surface area contributed by atoms with E-state index < -0.39 is 6.10 Å². The molecule has 1 amide bonds. The summed E-state index contributed by atoms with van der Waals surface area (Å²) in [6.45, 7) is 1.45. The molecule has 1 aliphatic carbocycles. The molecule has 0 aromatic rings. The molecule has 1 heterocycles. The number of aliphatic hydroxyl groups is 1. The molecule has 1 aliphatic heterocycles. The van der Waals surface area contributed by atoms with Crippen LogP contribution < -0.4 is 0 Å². The summed E-state index contributed by atoms with van der Waals surface area (Å²) in [6.07, 6.45) is 7.79. The van der Waals surface area contributed by atoms with Crippen molar-refractivity contribution in [2.75, 3.05) is 13.1 Å². The summed E-state index contributed by atoms with van der Waals surface area (Å²) >= 11 is 0. The summed E-state index contributed by atoms with van der Waals surface area (Å²) in [5.41, 5.74) is 0. The van der Waals surface area contributed by atoms with Crippen molar-refractivity contribution in [3.05, 3.63) is 0 Å². The molecule has 1 saturated heterocycles. The van der Waals surface area contributed by atoms with E-state index in [9.17, 15) is 9.90 Å². The molecule has 0 aromatic heterocycles. The fraction of sp³-hybridized carbons (Fsp3) is 0.917. The van der Waals surface area contributed by atoms with Crippen LogP contribution in [0, 0.1) is 5.92 Å². The molecule has 1 atom stereocenters. The van der Waals surface area contributed by atoms with Gasteiger partial charge in [0.2, 0.25) is 5.91 Å².